The van der Waals surface area contributed by atoms with Gasteiger partial charge in [-0.3, -0.25) is 0 Å². The first-order valence-electron chi connectivity index (χ1n) is 5.77. The van der Waals surface area contributed by atoms with Crippen LogP contribution in [0.2, 0.25) is 0 Å². The van der Waals surface area contributed by atoms with Gasteiger partial charge in [0.2, 0.25) is 0 Å². The predicted octanol–water partition coefficient (Wildman–Crippen LogP) is 1.12. The van der Waals surface area contributed by atoms with Gasteiger partial charge in [-0.05, 0) is 26.0 Å². The highest BCUT2D eigenvalue weighted by molar-refractivity contribution is 5.90. The molecule has 0 saturated heterocycles. The molecule has 0 bridgehead atoms. The molecule has 0 amide bonds. The van der Waals surface area contributed by atoms with E-state index >= 15 is 0 Å². The molecule has 0 aromatic heterocycles. The number of rotatable bonds is 7. The lowest BCUT2D eigenvalue weighted by molar-refractivity contribution is 0.0692. The molecule has 0 aliphatic rings. The second kappa shape index (κ2) is 6.37. The van der Waals surface area contributed by atoms with Crippen LogP contribution in [0.5, 0.6) is 5.75 Å². The van der Waals surface area contributed by atoms with Crippen LogP contribution in [0.25, 0.3) is 0 Å². The molecule has 3 N–H and O–H groups in total. The second-order valence-corrected chi connectivity index (χ2v) is 4.62. The number of aromatic carboxylic acids is 1. The topological polar surface area (TPSA) is 78.8 Å². The molecule has 0 saturated carbocycles. The molecule has 1 aromatic carbocycles. The minimum atomic E-state index is -1.01. The van der Waals surface area contributed by atoms with Crippen LogP contribution in [0.1, 0.15) is 24.2 Å². The number of hydrogen-bond acceptors (Lipinski definition) is 4. The maximum atomic E-state index is 10.9. The van der Waals surface area contributed by atoms with E-state index in [1.807, 2.05) is 13.8 Å². The third-order valence-electron chi connectivity index (χ3n) is 2.48. The molecule has 5 heteroatoms. The quantitative estimate of drug-likeness (QED) is 0.635. The summed E-state index contributed by atoms with van der Waals surface area (Å²) in [6.07, 6.45) is 0. The van der Waals surface area contributed by atoms with Crippen LogP contribution in [0.3, 0.4) is 0 Å². The van der Waals surface area contributed by atoms with Gasteiger partial charge in [0.1, 0.15) is 17.9 Å². The van der Waals surface area contributed by atoms with E-state index in [9.17, 15) is 4.79 Å². The van der Waals surface area contributed by atoms with Crippen molar-refractivity contribution < 1.29 is 19.7 Å². The summed E-state index contributed by atoms with van der Waals surface area (Å²) in [5.41, 5.74) is -0.214. The molecule has 0 aliphatic carbocycles. The van der Waals surface area contributed by atoms with Crippen molar-refractivity contribution in [1.29, 1.82) is 0 Å². The van der Waals surface area contributed by atoms with Crippen molar-refractivity contribution in [2.75, 3.05) is 19.8 Å². The first-order chi connectivity index (χ1) is 8.46. The molecule has 18 heavy (non-hydrogen) atoms. The highest BCUT2D eigenvalue weighted by Crippen LogP contribution is 2.17. The molecule has 0 fully saturated rings. The van der Waals surface area contributed by atoms with Crippen LogP contribution < -0.4 is 10.1 Å². The smallest absolute Gasteiger partial charge is 0.339 e. The fourth-order valence-corrected chi connectivity index (χ4v) is 1.38. The molecule has 0 spiro atoms. The van der Waals surface area contributed by atoms with E-state index in [0.717, 1.165) is 0 Å². The minimum absolute atomic E-state index is 0.0265. The average Bonchev–Trinajstić information content (AvgIpc) is 2.35. The molecule has 0 heterocycles. The van der Waals surface area contributed by atoms with Crippen molar-refractivity contribution in [3.8, 4) is 5.75 Å². The normalized spacial score (nSPS) is 11.3. The van der Waals surface area contributed by atoms with Gasteiger partial charge in [0.05, 0.1) is 6.61 Å². The highest BCUT2D eigenvalue weighted by Gasteiger charge is 2.15. The van der Waals surface area contributed by atoms with Crippen LogP contribution in [0.4, 0.5) is 0 Å². The number of benzene rings is 1. The lowest BCUT2D eigenvalue weighted by Crippen LogP contribution is -2.44. The Morgan fingerprint density at radius 1 is 1.39 bits per heavy atom. The Bertz CT molecular complexity index is 404. The van der Waals surface area contributed by atoms with Crippen molar-refractivity contribution in [2.45, 2.75) is 19.4 Å². The van der Waals surface area contributed by atoms with E-state index in [1.165, 1.54) is 6.07 Å². The van der Waals surface area contributed by atoms with Crippen LogP contribution in [-0.4, -0.2) is 41.5 Å². The Labute approximate surface area is 106 Å². The monoisotopic (exact) mass is 253 g/mol. The fourth-order valence-electron chi connectivity index (χ4n) is 1.38. The van der Waals surface area contributed by atoms with Gasteiger partial charge in [-0.2, -0.15) is 0 Å². The van der Waals surface area contributed by atoms with Gasteiger partial charge in [-0.25, -0.2) is 4.79 Å². The van der Waals surface area contributed by atoms with E-state index < -0.39 is 5.97 Å². The van der Waals surface area contributed by atoms with Crippen LogP contribution in [-0.2, 0) is 0 Å². The van der Waals surface area contributed by atoms with E-state index in [2.05, 4.69) is 5.32 Å². The van der Waals surface area contributed by atoms with Crippen molar-refractivity contribution >= 4 is 5.97 Å². The number of nitrogens with one attached hydrogen (secondary N) is 1. The predicted molar refractivity (Wildman–Crippen MR) is 68.1 cm³/mol. The Kier molecular flexibility index (Phi) is 5.12. The number of carboxylic acid groups (broad SMARTS) is 1. The summed E-state index contributed by atoms with van der Waals surface area (Å²) >= 11 is 0. The van der Waals surface area contributed by atoms with E-state index in [1.54, 1.807) is 18.2 Å². The number of carboxylic acids is 1. The summed E-state index contributed by atoms with van der Waals surface area (Å²) < 4.78 is 5.41. The molecule has 5 nitrogen and oxygen atoms in total. The van der Waals surface area contributed by atoms with E-state index in [4.69, 9.17) is 14.9 Å². The van der Waals surface area contributed by atoms with Crippen molar-refractivity contribution in [1.82, 2.24) is 5.32 Å². The van der Waals surface area contributed by atoms with Crippen molar-refractivity contribution in [3.05, 3.63) is 29.8 Å². The molecule has 1 aromatic rings. The molecule has 1 rings (SSSR count). The van der Waals surface area contributed by atoms with Crippen molar-refractivity contribution in [3.63, 3.8) is 0 Å². The standard InChI is InChI=1S/C13H19NO4/c1-13(2,9-15)14-7-8-18-11-6-4-3-5-10(11)12(16)17/h3-6,14-15H,7-9H2,1-2H3,(H,16,17). The molecule has 0 atom stereocenters. The molecule has 0 unspecified atom stereocenters. The number of aliphatic hydroxyl groups excluding tert-OH is 1. The zero-order valence-electron chi connectivity index (χ0n) is 10.6. The minimum Gasteiger partial charge on any atom is -0.491 e. The first-order valence-corrected chi connectivity index (χ1v) is 5.77. The van der Waals surface area contributed by atoms with E-state index in [-0.39, 0.29) is 17.7 Å². The second-order valence-electron chi connectivity index (χ2n) is 4.62. The van der Waals surface area contributed by atoms with E-state index in [0.29, 0.717) is 18.9 Å². The average molecular weight is 253 g/mol. The van der Waals surface area contributed by atoms with Gasteiger partial charge < -0.3 is 20.3 Å². The molecular formula is C13H19NO4. The van der Waals surface area contributed by atoms with Crippen LogP contribution >= 0.6 is 0 Å². The summed E-state index contributed by atoms with van der Waals surface area (Å²) in [6.45, 7) is 4.64. The molecule has 0 radical (unpaired) electrons. The lowest BCUT2D eigenvalue weighted by atomic mass is 10.1. The first kappa shape index (κ1) is 14.5. The summed E-state index contributed by atoms with van der Waals surface area (Å²) in [6, 6.07) is 6.51. The Balaban J connectivity index is 2.47. The number of ether oxygens (including phenoxy) is 1. The Morgan fingerprint density at radius 2 is 2.06 bits per heavy atom. The molecule has 0 aliphatic heterocycles. The summed E-state index contributed by atoms with van der Waals surface area (Å²) in [5, 5.41) is 21.1. The van der Waals surface area contributed by atoms with Gasteiger partial charge >= 0.3 is 5.97 Å². The van der Waals surface area contributed by atoms with Gasteiger partial charge in [0.25, 0.3) is 0 Å². The number of para-hydroxylation sites is 1. The number of carbonyl (C=O) groups is 1. The number of aliphatic hydroxyl groups is 1. The van der Waals surface area contributed by atoms with Gasteiger partial charge in [0, 0.05) is 12.1 Å². The third-order valence-corrected chi connectivity index (χ3v) is 2.48. The van der Waals surface area contributed by atoms with Gasteiger partial charge in [-0.15, -0.1) is 0 Å². The Morgan fingerprint density at radius 3 is 2.67 bits per heavy atom. The molecule has 100 valence electrons. The summed E-state index contributed by atoms with van der Waals surface area (Å²) in [4.78, 5) is 10.9. The third kappa shape index (κ3) is 4.35. The SMILES string of the molecule is CC(C)(CO)NCCOc1ccccc1C(=O)O. The van der Waals surface area contributed by atoms with Gasteiger partial charge in [-0.1, -0.05) is 12.1 Å². The zero-order chi connectivity index (χ0) is 13.6. The number of hydrogen-bond donors (Lipinski definition) is 3. The maximum Gasteiger partial charge on any atom is 0.339 e. The lowest BCUT2D eigenvalue weighted by Gasteiger charge is -2.23. The molecular weight excluding hydrogens is 234 g/mol. The van der Waals surface area contributed by atoms with Crippen LogP contribution in [0.15, 0.2) is 24.3 Å². The van der Waals surface area contributed by atoms with Crippen molar-refractivity contribution in [2.24, 2.45) is 0 Å². The highest BCUT2D eigenvalue weighted by atomic mass is 16.5. The Hall–Kier alpha value is -1.59. The summed E-state index contributed by atoms with van der Waals surface area (Å²) in [5.74, 6) is -0.650. The van der Waals surface area contributed by atoms with Gasteiger partial charge in [0.15, 0.2) is 0 Å². The fraction of sp³-hybridized carbons (Fsp3) is 0.462. The largest absolute Gasteiger partial charge is 0.491 e. The summed E-state index contributed by atoms with van der Waals surface area (Å²) in [7, 11) is 0. The van der Waals surface area contributed by atoms with Crippen LogP contribution in [0, 0.1) is 0 Å². The zero-order valence-corrected chi connectivity index (χ0v) is 10.6. The maximum absolute atomic E-state index is 10.9.